The second kappa shape index (κ2) is 5.54. The van der Waals surface area contributed by atoms with E-state index in [2.05, 4.69) is 17.1 Å². The monoisotopic (exact) mass is 334 g/mol. The molecule has 0 unspecified atom stereocenters. The number of aromatic amines is 1. The van der Waals surface area contributed by atoms with Crippen molar-refractivity contribution in [3.05, 3.63) is 18.0 Å². The molecule has 1 N–H and O–H groups in total. The summed E-state index contributed by atoms with van der Waals surface area (Å²) in [4.78, 5) is 28.9. The highest BCUT2D eigenvalue weighted by molar-refractivity contribution is 8.01. The van der Waals surface area contributed by atoms with Crippen LogP contribution in [0.15, 0.2) is 12.3 Å². The number of likely N-dealkylation sites (tertiary alicyclic amines) is 1. The van der Waals surface area contributed by atoms with E-state index in [1.165, 1.54) is 0 Å². The molecule has 6 nitrogen and oxygen atoms in total. The number of hydrogen-bond donors (Lipinski definition) is 1. The molecule has 2 amide bonds. The highest BCUT2D eigenvalue weighted by atomic mass is 32.2. The number of nitrogens with one attached hydrogen (secondary N) is 1. The highest BCUT2D eigenvalue weighted by Gasteiger charge is 2.53. The zero-order valence-corrected chi connectivity index (χ0v) is 14.1. The number of fused-ring (bicyclic) bond motifs is 1. The number of hydrogen-bond acceptors (Lipinski definition) is 4. The van der Waals surface area contributed by atoms with Gasteiger partial charge in [-0.3, -0.25) is 14.7 Å². The third kappa shape index (κ3) is 2.45. The second-order valence-electron chi connectivity index (χ2n) is 6.90. The number of H-pyrrole nitrogens is 1. The van der Waals surface area contributed by atoms with E-state index < -0.39 is 0 Å². The van der Waals surface area contributed by atoms with E-state index in [1.54, 1.807) is 18.0 Å². The molecule has 0 radical (unpaired) electrons. The Bertz CT molecular complexity index is 620. The summed E-state index contributed by atoms with van der Waals surface area (Å²) in [5.74, 6) is 1.32. The van der Waals surface area contributed by atoms with Crippen LogP contribution in [0.1, 0.15) is 44.2 Å². The molecule has 23 heavy (non-hydrogen) atoms. The maximum Gasteiger partial charge on any atom is 0.246 e. The van der Waals surface area contributed by atoms with Crippen molar-refractivity contribution < 1.29 is 9.59 Å². The van der Waals surface area contributed by atoms with Gasteiger partial charge in [-0.15, -0.1) is 11.8 Å². The standard InChI is InChI=1S/C16H22N4O2S/c1-16-6-4-14(21)20(16)13(10-23-16)15(22)19-8-2-3-11(9-19)12-5-7-17-18-12/h5,7,11,13H,2-4,6,8-10H2,1H3,(H,17,18)/t11-,13+,16+/m1/s1. The fourth-order valence-electron chi connectivity index (χ4n) is 4.14. The average Bonchev–Trinajstić information content (AvgIpc) is 3.25. The van der Waals surface area contributed by atoms with Crippen LogP contribution in [-0.2, 0) is 9.59 Å². The molecule has 0 aromatic carbocycles. The van der Waals surface area contributed by atoms with Gasteiger partial charge in [0.25, 0.3) is 0 Å². The summed E-state index contributed by atoms with van der Waals surface area (Å²) < 4.78 is 0. The minimum Gasteiger partial charge on any atom is -0.340 e. The third-order valence-corrected chi connectivity index (χ3v) is 6.93. The van der Waals surface area contributed by atoms with Gasteiger partial charge in [-0.05, 0) is 32.3 Å². The van der Waals surface area contributed by atoms with E-state index in [1.807, 2.05) is 15.9 Å². The summed E-state index contributed by atoms with van der Waals surface area (Å²) in [6.07, 6.45) is 5.27. The van der Waals surface area contributed by atoms with E-state index in [9.17, 15) is 9.59 Å². The van der Waals surface area contributed by atoms with E-state index in [0.29, 0.717) is 12.3 Å². The van der Waals surface area contributed by atoms with Gasteiger partial charge in [0.15, 0.2) is 0 Å². The molecule has 1 aromatic rings. The molecule has 124 valence electrons. The number of nitrogens with zero attached hydrogens (tertiary/aromatic N) is 3. The molecule has 7 heteroatoms. The molecule has 0 bridgehead atoms. The van der Waals surface area contributed by atoms with Gasteiger partial charge in [-0.25, -0.2) is 0 Å². The molecule has 3 fully saturated rings. The van der Waals surface area contributed by atoms with Crippen molar-refractivity contribution in [2.45, 2.75) is 49.4 Å². The van der Waals surface area contributed by atoms with E-state index in [0.717, 1.165) is 43.8 Å². The number of rotatable bonds is 2. The molecular formula is C16H22N4O2S. The maximum atomic E-state index is 13.0. The highest BCUT2D eigenvalue weighted by Crippen LogP contribution is 2.47. The van der Waals surface area contributed by atoms with Gasteiger partial charge >= 0.3 is 0 Å². The Morgan fingerprint density at radius 2 is 2.39 bits per heavy atom. The summed E-state index contributed by atoms with van der Waals surface area (Å²) in [5.41, 5.74) is 1.10. The Balaban J connectivity index is 1.49. The van der Waals surface area contributed by atoms with Crippen LogP contribution in [-0.4, -0.2) is 61.6 Å². The number of thioether (sulfide) groups is 1. The van der Waals surface area contributed by atoms with Crippen molar-refractivity contribution in [1.29, 1.82) is 0 Å². The van der Waals surface area contributed by atoms with Gasteiger partial charge in [0.1, 0.15) is 6.04 Å². The second-order valence-corrected chi connectivity index (χ2v) is 8.40. The van der Waals surface area contributed by atoms with Crippen molar-refractivity contribution in [3.8, 4) is 0 Å². The van der Waals surface area contributed by atoms with Gasteiger partial charge in [0, 0.05) is 43.1 Å². The molecule has 3 saturated heterocycles. The first-order chi connectivity index (χ1) is 11.1. The first-order valence-electron chi connectivity index (χ1n) is 8.33. The van der Waals surface area contributed by atoms with Crippen molar-refractivity contribution in [1.82, 2.24) is 20.0 Å². The Morgan fingerprint density at radius 1 is 1.52 bits per heavy atom. The van der Waals surface area contributed by atoms with Crippen molar-refractivity contribution in [3.63, 3.8) is 0 Å². The smallest absolute Gasteiger partial charge is 0.246 e. The molecule has 3 atom stereocenters. The number of carbonyl (C=O) groups is 2. The zero-order valence-electron chi connectivity index (χ0n) is 13.3. The fraction of sp³-hybridized carbons (Fsp3) is 0.688. The largest absolute Gasteiger partial charge is 0.340 e. The molecule has 3 aliphatic rings. The topological polar surface area (TPSA) is 69.3 Å². The summed E-state index contributed by atoms with van der Waals surface area (Å²) in [7, 11) is 0. The van der Waals surface area contributed by atoms with Crippen LogP contribution in [0.3, 0.4) is 0 Å². The Hall–Kier alpha value is -1.50. The van der Waals surface area contributed by atoms with Crippen LogP contribution in [0, 0.1) is 0 Å². The van der Waals surface area contributed by atoms with Crippen LogP contribution in [0.5, 0.6) is 0 Å². The molecule has 1 aromatic heterocycles. The number of piperidine rings is 1. The number of aromatic nitrogens is 2. The van der Waals surface area contributed by atoms with E-state index >= 15 is 0 Å². The summed E-state index contributed by atoms with van der Waals surface area (Å²) in [5, 5.41) is 7.05. The van der Waals surface area contributed by atoms with Gasteiger partial charge in [-0.2, -0.15) is 5.10 Å². The first kappa shape index (κ1) is 15.1. The van der Waals surface area contributed by atoms with Gasteiger partial charge in [0.2, 0.25) is 11.8 Å². The molecule has 0 spiro atoms. The van der Waals surface area contributed by atoms with Crippen LogP contribution < -0.4 is 0 Å². The third-order valence-electron chi connectivity index (χ3n) is 5.43. The van der Waals surface area contributed by atoms with Crippen molar-refractivity contribution in [2.24, 2.45) is 0 Å². The molecule has 3 aliphatic heterocycles. The lowest BCUT2D eigenvalue weighted by Gasteiger charge is -2.37. The molecule has 4 heterocycles. The molecular weight excluding hydrogens is 312 g/mol. The van der Waals surface area contributed by atoms with Crippen LogP contribution in [0.2, 0.25) is 0 Å². The Kier molecular flexibility index (Phi) is 3.63. The molecule has 4 rings (SSSR count). The van der Waals surface area contributed by atoms with Gasteiger partial charge in [0.05, 0.1) is 4.87 Å². The number of carbonyl (C=O) groups excluding carboxylic acids is 2. The van der Waals surface area contributed by atoms with Crippen molar-refractivity contribution >= 4 is 23.6 Å². The predicted molar refractivity (Wildman–Crippen MR) is 87.9 cm³/mol. The van der Waals surface area contributed by atoms with Crippen LogP contribution in [0.4, 0.5) is 0 Å². The summed E-state index contributed by atoms with van der Waals surface area (Å²) >= 11 is 1.76. The van der Waals surface area contributed by atoms with Crippen LogP contribution >= 0.6 is 11.8 Å². The molecule has 0 aliphatic carbocycles. The lowest BCUT2D eigenvalue weighted by Crippen LogP contribution is -2.53. The average molecular weight is 334 g/mol. The Labute approximate surface area is 140 Å². The lowest BCUT2D eigenvalue weighted by atomic mass is 9.94. The van der Waals surface area contributed by atoms with E-state index in [-0.39, 0.29) is 22.7 Å². The Morgan fingerprint density at radius 3 is 3.17 bits per heavy atom. The fourth-order valence-corrected chi connectivity index (χ4v) is 5.56. The van der Waals surface area contributed by atoms with Gasteiger partial charge < -0.3 is 9.80 Å². The SMILES string of the molecule is C[C@]12CCC(=O)N1[C@H](C(=O)N1CCC[C@@H](c3ccn[nH]3)C1)CS2. The normalized spacial score (nSPS) is 34.0. The lowest BCUT2D eigenvalue weighted by molar-refractivity contribution is -0.144. The predicted octanol–water partition coefficient (Wildman–Crippen LogP) is 1.57. The summed E-state index contributed by atoms with van der Waals surface area (Å²) in [6, 6.07) is 1.71. The summed E-state index contributed by atoms with van der Waals surface area (Å²) in [6.45, 7) is 3.61. The first-order valence-corrected chi connectivity index (χ1v) is 9.31. The maximum absolute atomic E-state index is 13.0. The van der Waals surface area contributed by atoms with Crippen molar-refractivity contribution in [2.75, 3.05) is 18.8 Å². The van der Waals surface area contributed by atoms with E-state index in [4.69, 9.17) is 0 Å². The zero-order chi connectivity index (χ0) is 16.0. The van der Waals surface area contributed by atoms with Gasteiger partial charge in [-0.1, -0.05) is 0 Å². The number of amides is 2. The minimum absolute atomic E-state index is 0.126. The molecule has 0 saturated carbocycles. The van der Waals surface area contributed by atoms with Crippen LogP contribution in [0.25, 0.3) is 0 Å². The minimum atomic E-state index is -0.277. The quantitative estimate of drug-likeness (QED) is 0.891.